The van der Waals surface area contributed by atoms with Crippen LogP contribution < -0.4 is 5.11 Å². The average molecular weight is 255 g/mol. The van der Waals surface area contributed by atoms with Crippen LogP contribution in [0.2, 0.25) is 0 Å². The fraction of sp³-hybridized carbons (Fsp3) is 0.875. The van der Waals surface area contributed by atoms with Crippen molar-refractivity contribution >= 4 is 16.1 Å². The van der Waals surface area contributed by atoms with Crippen molar-refractivity contribution in [1.82, 2.24) is 0 Å². The highest BCUT2D eigenvalue weighted by Crippen LogP contribution is 2.30. The number of likely N-dealkylation sites (N-methyl/N-ethyl adjacent to an activating group) is 1. The standard InChI is InChI=1S/C8H17NO6S/c1-5-6(10)8(7(11)12,9(2,3)4)16(13,14)15/h6,10H,5H2,1-4H3,(H-,11,12,13,14,15). The molecule has 0 aromatic carbocycles. The Morgan fingerprint density at radius 1 is 1.44 bits per heavy atom. The van der Waals surface area contributed by atoms with Gasteiger partial charge in [0.1, 0.15) is 12.1 Å². The van der Waals surface area contributed by atoms with E-state index in [0.717, 1.165) is 0 Å². The first-order valence-electron chi connectivity index (χ1n) is 4.61. The molecular formula is C8H17NO6S. The number of carboxylic acids is 1. The summed E-state index contributed by atoms with van der Waals surface area (Å²) < 4.78 is 31.0. The number of carbonyl (C=O) groups is 1. The van der Waals surface area contributed by atoms with Gasteiger partial charge in [0.05, 0.1) is 21.1 Å². The summed E-state index contributed by atoms with van der Waals surface area (Å²) in [4.78, 5) is 8.30. The molecule has 0 aliphatic heterocycles. The van der Waals surface area contributed by atoms with Gasteiger partial charge in [-0.15, -0.1) is 0 Å². The van der Waals surface area contributed by atoms with Crippen LogP contribution in [0, 0.1) is 0 Å². The lowest BCUT2D eigenvalue weighted by atomic mass is 10.1. The quantitative estimate of drug-likeness (QED) is 0.425. The topological polar surface area (TPSA) is 115 Å². The second kappa shape index (κ2) is 4.28. The zero-order valence-corrected chi connectivity index (χ0v) is 10.5. The lowest BCUT2D eigenvalue weighted by Gasteiger charge is -2.45. The summed E-state index contributed by atoms with van der Waals surface area (Å²) in [5, 5.41) is 20.7. The molecule has 0 aliphatic rings. The van der Waals surface area contributed by atoms with Crippen molar-refractivity contribution in [2.75, 3.05) is 21.1 Å². The monoisotopic (exact) mass is 255 g/mol. The molecule has 0 saturated heterocycles. The molecule has 7 nitrogen and oxygen atoms in total. The smallest absolute Gasteiger partial charge is 0.331 e. The van der Waals surface area contributed by atoms with Crippen molar-refractivity contribution in [3.05, 3.63) is 0 Å². The first-order chi connectivity index (χ1) is 6.92. The number of nitrogens with zero attached hydrogens (tertiary/aromatic N) is 1. The molecule has 96 valence electrons. The van der Waals surface area contributed by atoms with Crippen LogP contribution in [0.1, 0.15) is 13.3 Å². The molecule has 2 N–H and O–H groups in total. The molecule has 0 rings (SSSR count). The van der Waals surface area contributed by atoms with Crippen LogP contribution in [-0.2, 0) is 14.9 Å². The Morgan fingerprint density at radius 3 is 1.88 bits per heavy atom. The molecular weight excluding hydrogens is 238 g/mol. The van der Waals surface area contributed by atoms with E-state index in [1.54, 1.807) is 0 Å². The Balaban J connectivity index is 6.15. The van der Waals surface area contributed by atoms with E-state index in [9.17, 15) is 23.4 Å². The summed E-state index contributed by atoms with van der Waals surface area (Å²) >= 11 is 0. The minimum atomic E-state index is -5.03. The van der Waals surface area contributed by atoms with Gasteiger partial charge in [0.2, 0.25) is 0 Å². The number of quaternary nitrogens is 1. The van der Waals surface area contributed by atoms with Crippen LogP contribution in [0.3, 0.4) is 0 Å². The molecule has 0 spiro atoms. The molecule has 2 atom stereocenters. The molecule has 0 amide bonds. The number of rotatable bonds is 5. The van der Waals surface area contributed by atoms with E-state index in [1.165, 1.54) is 28.1 Å². The van der Waals surface area contributed by atoms with Gasteiger partial charge in [-0.25, -0.2) is 0 Å². The first-order valence-corrected chi connectivity index (χ1v) is 6.05. The Morgan fingerprint density at radius 2 is 1.81 bits per heavy atom. The summed E-state index contributed by atoms with van der Waals surface area (Å²) in [5.74, 6) is -2.03. The maximum atomic E-state index is 11.3. The summed E-state index contributed by atoms with van der Waals surface area (Å²) in [5.41, 5.74) is 0. The maximum Gasteiger partial charge on any atom is 0.331 e. The molecule has 0 aromatic heterocycles. The first kappa shape index (κ1) is 15.3. The van der Waals surface area contributed by atoms with Crippen LogP contribution in [0.25, 0.3) is 0 Å². The number of hydrogen-bond donors (Lipinski definition) is 2. The third-order valence-corrected chi connectivity index (χ3v) is 4.29. The SMILES string of the molecule is CCC(O)C(C(=O)[O-])([N+](C)(C)C)S(=O)(=O)O. The van der Waals surface area contributed by atoms with Gasteiger partial charge < -0.3 is 19.5 Å². The van der Waals surface area contributed by atoms with Gasteiger partial charge in [-0.2, -0.15) is 8.42 Å². The molecule has 0 radical (unpaired) electrons. The van der Waals surface area contributed by atoms with Crippen molar-refractivity contribution in [2.24, 2.45) is 0 Å². The zero-order valence-electron chi connectivity index (χ0n) is 9.67. The molecule has 0 bridgehead atoms. The van der Waals surface area contributed by atoms with Gasteiger partial charge in [0.15, 0.2) is 0 Å². The molecule has 2 unspecified atom stereocenters. The Labute approximate surface area is 94.6 Å². The predicted octanol–water partition coefficient (Wildman–Crippen LogP) is -2.20. The van der Waals surface area contributed by atoms with Gasteiger partial charge >= 0.3 is 10.1 Å². The fourth-order valence-electron chi connectivity index (χ4n) is 1.76. The summed E-state index contributed by atoms with van der Waals surface area (Å²) in [6, 6.07) is 0. The third-order valence-electron chi connectivity index (χ3n) is 2.52. The van der Waals surface area contributed by atoms with Crippen molar-refractivity contribution in [3.8, 4) is 0 Å². The van der Waals surface area contributed by atoms with E-state index in [2.05, 4.69) is 0 Å². The van der Waals surface area contributed by atoms with Crippen molar-refractivity contribution in [2.45, 2.75) is 24.3 Å². The van der Waals surface area contributed by atoms with Crippen molar-refractivity contribution in [3.63, 3.8) is 0 Å². The predicted molar refractivity (Wildman–Crippen MR) is 53.6 cm³/mol. The molecule has 0 saturated carbocycles. The van der Waals surface area contributed by atoms with Crippen LogP contribution >= 0.6 is 0 Å². The molecule has 0 fully saturated rings. The second-order valence-corrected chi connectivity index (χ2v) is 5.97. The third kappa shape index (κ3) is 2.05. The maximum absolute atomic E-state index is 11.3. The van der Waals surface area contributed by atoms with Gasteiger partial charge in [-0.3, -0.25) is 4.55 Å². The van der Waals surface area contributed by atoms with Crippen molar-refractivity contribution in [1.29, 1.82) is 0 Å². The van der Waals surface area contributed by atoms with E-state index in [1.807, 2.05) is 0 Å². The number of hydrogen-bond acceptors (Lipinski definition) is 5. The fourth-order valence-corrected chi connectivity index (χ4v) is 3.17. The molecule has 0 heterocycles. The summed E-state index contributed by atoms with van der Waals surface area (Å²) in [7, 11) is -1.32. The van der Waals surface area contributed by atoms with E-state index >= 15 is 0 Å². The van der Waals surface area contributed by atoms with E-state index < -0.39 is 31.5 Å². The largest absolute Gasteiger partial charge is 0.543 e. The highest BCUT2D eigenvalue weighted by molar-refractivity contribution is 7.87. The lowest BCUT2D eigenvalue weighted by Crippen LogP contribution is -2.75. The Kier molecular flexibility index (Phi) is 4.10. The number of aliphatic carboxylic acids is 1. The van der Waals surface area contributed by atoms with E-state index in [-0.39, 0.29) is 6.42 Å². The second-order valence-electron chi connectivity index (χ2n) is 4.40. The van der Waals surface area contributed by atoms with Crippen LogP contribution in [0.5, 0.6) is 0 Å². The molecule has 0 aliphatic carbocycles. The number of aliphatic hydroxyl groups excluding tert-OH is 1. The minimum Gasteiger partial charge on any atom is -0.543 e. The highest BCUT2D eigenvalue weighted by Gasteiger charge is 2.61. The van der Waals surface area contributed by atoms with Gasteiger partial charge in [0, 0.05) is 0 Å². The normalized spacial score (nSPS) is 18.9. The van der Waals surface area contributed by atoms with Crippen molar-refractivity contribution < 1.29 is 32.5 Å². The van der Waals surface area contributed by atoms with E-state index in [0.29, 0.717) is 0 Å². The number of carbonyl (C=O) groups excluding carboxylic acids is 1. The summed E-state index contributed by atoms with van der Waals surface area (Å²) in [6.45, 7) is 1.41. The molecule has 16 heavy (non-hydrogen) atoms. The van der Waals surface area contributed by atoms with Crippen LogP contribution in [-0.4, -0.2) is 60.6 Å². The Bertz CT molecular complexity index is 370. The van der Waals surface area contributed by atoms with Gasteiger partial charge in [-0.1, -0.05) is 6.92 Å². The van der Waals surface area contributed by atoms with E-state index in [4.69, 9.17) is 4.55 Å². The molecule has 0 aromatic rings. The minimum absolute atomic E-state index is 0.150. The number of aliphatic hydroxyl groups is 1. The summed E-state index contributed by atoms with van der Waals surface area (Å²) in [6.07, 6.45) is -1.92. The zero-order chi connectivity index (χ0) is 13.4. The van der Waals surface area contributed by atoms with Crippen LogP contribution in [0.4, 0.5) is 0 Å². The highest BCUT2D eigenvalue weighted by atomic mass is 32.2. The number of carboxylic acid groups (broad SMARTS) is 1. The molecule has 8 heteroatoms. The average Bonchev–Trinajstić information content (AvgIpc) is 1.98. The van der Waals surface area contributed by atoms with Gasteiger partial charge in [-0.05, 0) is 6.42 Å². The van der Waals surface area contributed by atoms with Crippen LogP contribution in [0.15, 0.2) is 0 Å². The lowest BCUT2D eigenvalue weighted by molar-refractivity contribution is -0.904. The van der Waals surface area contributed by atoms with Gasteiger partial charge in [0.25, 0.3) is 4.87 Å². The Hall–Kier alpha value is -0.700.